The van der Waals surface area contributed by atoms with E-state index >= 15 is 0 Å². The molecular formula is C12H18ClNOS. The van der Waals surface area contributed by atoms with Gasteiger partial charge in [0.05, 0.1) is 16.7 Å². The van der Waals surface area contributed by atoms with E-state index in [-0.39, 0.29) is 11.6 Å². The lowest BCUT2D eigenvalue weighted by Gasteiger charge is -2.34. The van der Waals surface area contributed by atoms with Crippen LogP contribution in [0.4, 0.5) is 0 Å². The minimum atomic E-state index is -0.177. The highest BCUT2D eigenvalue weighted by Crippen LogP contribution is 2.44. The highest BCUT2D eigenvalue weighted by atomic mass is 35.5. The van der Waals surface area contributed by atoms with Crippen LogP contribution in [0.25, 0.3) is 0 Å². The topological polar surface area (TPSA) is 35.2 Å². The van der Waals surface area contributed by atoms with E-state index < -0.39 is 0 Å². The normalized spacial score (nSPS) is 21.2. The van der Waals surface area contributed by atoms with Gasteiger partial charge in [-0.2, -0.15) is 0 Å². The van der Waals surface area contributed by atoms with Crippen LogP contribution in [0.1, 0.15) is 43.5 Å². The number of hydrogen-bond acceptors (Lipinski definition) is 3. The number of thiophene rings is 1. The number of rotatable bonds is 4. The van der Waals surface area contributed by atoms with Gasteiger partial charge in [0.2, 0.25) is 0 Å². The molecule has 4 heteroatoms. The minimum absolute atomic E-state index is 0.0811. The Balaban J connectivity index is 2.23. The molecule has 2 rings (SSSR count). The highest BCUT2D eigenvalue weighted by Gasteiger charge is 2.42. The van der Waals surface area contributed by atoms with Crippen molar-refractivity contribution in [2.45, 2.75) is 44.2 Å². The van der Waals surface area contributed by atoms with E-state index in [0.717, 1.165) is 29.3 Å². The van der Waals surface area contributed by atoms with E-state index in [0.29, 0.717) is 0 Å². The third-order valence-corrected chi connectivity index (χ3v) is 4.82. The predicted molar refractivity (Wildman–Crippen MR) is 69.1 cm³/mol. The van der Waals surface area contributed by atoms with Crippen molar-refractivity contribution in [3.05, 3.63) is 21.3 Å². The van der Waals surface area contributed by atoms with Crippen LogP contribution < -0.4 is 5.73 Å². The fourth-order valence-electron chi connectivity index (χ4n) is 2.57. The van der Waals surface area contributed by atoms with E-state index in [2.05, 4.69) is 0 Å². The quantitative estimate of drug-likeness (QED) is 0.894. The van der Waals surface area contributed by atoms with Crippen LogP contribution in [0.3, 0.4) is 0 Å². The molecule has 16 heavy (non-hydrogen) atoms. The largest absolute Gasteiger partial charge is 0.373 e. The Bertz CT molecular complexity index is 347. The molecule has 1 aromatic rings. The lowest BCUT2D eigenvalue weighted by molar-refractivity contribution is -0.0528. The number of nitrogens with two attached hydrogens (primary N) is 1. The Morgan fingerprint density at radius 3 is 2.75 bits per heavy atom. The molecule has 1 saturated carbocycles. The monoisotopic (exact) mass is 259 g/mol. The molecule has 90 valence electrons. The lowest BCUT2D eigenvalue weighted by Crippen LogP contribution is -2.41. The van der Waals surface area contributed by atoms with Crippen molar-refractivity contribution in [1.82, 2.24) is 0 Å². The first-order chi connectivity index (χ1) is 7.69. The minimum Gasteiger partial charge on any atom is -0.373 e. The summed E-state index contributed by atoms with van der Waals surface area (Å²) in [5.74, 6) is 0. The summed E-state index contributed by atoms with van der Waals surface area (Å²) in [4.78, 5) is 1.07. The molecule has 2 N–H and O–H groups in total. The van der Waals surface area contributed by atoms with Gasteiger partial charge < -0.3 is 10.5 Å². The van der Waals surface area contributed by atoms with Gasteiger partial charge in [-0.3, -0.25) is 0 Å². The summed E-state index contributed by atoms with van der Waals surface area (Å²) >= 11 is 7.78. The van der Waals surface area contributed by atoms with E-state index in [9.17, 15) is 0 Å². The fraction of sp³-hybridized carbons (Fsp3) is 0.667. The zero-order valence-electron chi connectivity index (χ0n) is 9.54. The van der Waals surface area contributed by atoms with Crippen LogP contribution in [0.2, 0.25) is 5.02 Å². The van der Waals surface area contributed by atoms with Crippen molar-refractivity contribution in [2.75, 3.05) is 6.61 Å². The van der Waals surface area contributed by atoms with Crippen molar-refractivity contribution in [3.63, 3.8) is 0 Å². The second-order valence-corrected chi connectivity index (χ2v) is 5.67. The van der Waals surface area contributed by atoms with Crippen molar-refractivity contribution in [1.29, 1.82) is 0 Å². The zero-order valence-corrected chi connectivity index (χ0v) is 11.1. The molecule has 0 aromatic carbocycles. The van der Waals surface area contributed by atoms with Gasteiger partial charge in [0, 0.05) is 11.5 Å². The molecule has 1 atom stereocenters. The van der Waals surface area contributed by atoms with Crippen molar-refractivity contribution in [3.8, 4) is 0 Å². The van der Waals surface area contributed by atoms with Crippen LogP contribution in [0.5, 0.6) is 0 Å². The Labute approximate surface area is 106 Å². The molecule has 1 aliphatic rings. The van der Waals surface area contributed by atoms with Gasteiger partial charge >= 0.3 is 0 Å². The van der Waals surface area contributed by atoms with Crippen LogP contribution in [-0.2, 0) is 4.74 Å². The molecule has 1 heterocycles. The third kappa shape index (κ3) is 2.14. The van der Waals surface area contributed by atoms with E-state index in [4.69, 9.17) is 22.1 Å². The van der Waals surface area contributed by atoms with Gasteiger partial charge in [0.15, 0.2) is 0 Å². The van der Waals surface area contributed by atoms with E-state index in [1.165, 1.54) is 12.8 Å². The second kappa shape index (κ2) is 5.05. The molecule has 1 fully saturated rings. The number of halogens is 1. The van der Waals surface area contributed by atoms with Gasteiger partial charge in [-0.05, 0) is 31.2 Å². The molecule has 0 amide bonds. The molecule has 1 aliphatic carbocycles. The maximum atomic E-state index is 6.37. The molecule has 0 radical (unpaired) electrons. The molecule has 1 aromatic heterocycles. The number of hydrogen-bond donors (Lipinski definition) is 1. The Hall–Kier alpha value is -0.0900. The van der Waals surface area contributed by atoms with Crippen molar-refractivity contribution >= 4 is 22.9 Å². The summed E-state index contributed by atoms with van der Waals surface area (Å²) < 4.78 is 5.95. The Morgan fingerprint density at radius 1 is 1.56 bits per heavy atom. The van der Waals surface area contributed by atoms with Crippen molar-refractivity contribution < 1.29 is 4.74 Å². The summed E-state index contributed by atoms with van der Waals surface area (Å²) in [5, 5.41) is 2.77. The van der Waals surface area contributed by atoms with Crippen LogP contribution in [0.15, 0.2) is 11.4 Å². The molecular weight excluding hydrogens is 242 g/mol. The average Bonchev–Trinajstić information content (AvgIpc) is 2.87. The molecule has 2 nitrogen and oxygen atoms in total. The van der Waals surface area contributed by atoms with Gasteiger partial charge in [0.25, 0.3) is 0 Å². The maximum Gasteiger partial charge on any atom is 0.0882 e. The average molecular weight is 260 g/mol. The SMILES string of the molecule is CCOC1(C(N)c2sccc2Cl)CCCC1. The summed E-state index contributed by atoms with van der Waals surface area (Å²) in [6.07, 6.45) is 4.51. The Morgan fingerprint density at radius 2 is 2.25 bits per heavy atom. The third-order valence-electron chi connectivity index (χ3n) is 3.38. The first kappa shape index (κ1) is 12.4. The first-order valence-corrected chi connectivity index (χ1v) is 7.08. The maximum absolute atomic E-state index is 6.37. The first-order valence-electron chi connectivity index (χ1n) is 5.82. The summed E-state index contributed by atoms with van der Waals surface area (Å²) in [5.41, 5.74) is 6.19. The lowest BCUT2D eigenvalue weighted by atomic mass is 9.91. The molecule has 0 saturated heterocycles. The van der Waals surface area contributed by atoms with Crippen LogP contribution >= 0.6 is 22.9 Å². The van der Waals surface area contributed by atoms with Crippen molar-refractivity contribution in [2.24, 2.45) is 5.73 Å². The zero-order chi connectivity index (χ0) is 11.6. The van der Waals surface area contributed by atoms with Gasteiger partial charge in [0.1, 0.15) is 0 Å². The number of ether oxygens (including phenoxy) is 1. The molecule has 1 unspecified atom stereocenters. The standard InChI is InChI=1S/C12H18ClNOS/c1-2-15-12(6-3-4-7-12)11(14)10-9(13)5-8-16-10/h5,8,11H,2-4,6-7,14H2,1H3. The Kier molecular flexibility index (Phi) is 3.90. The van der Waals surface area contributed by atoms with Gasteiger partial charge in [-0.25, -0.2) is 0 Å². The van der Waals surface area contributed by atoms with E-state index in [1.54, 1.807) is 11.3 Å². The fourth-order valence-corrected chi connectivity index (χ4v) is 3.85. The predicted octanol–water partition coefficient (Wildman–Crippen LogP) is 3.75. The van der Waals surface area contributed by atoms with E-state index in [1.807, 2.05) is 18.4 Å². The van der Waals surface area contributed by atoms with Gasteiger partial charge in [-0.15, -0.1) is 11.3 Å². The van der Waals surface area contributed by atoms with Gasteiger partial charge in [-0.1, -0.05) is 24.4 Å². The molecule has 0 spiro atoms. The molecule has 0 aliphatic heterocycles. The molecule has 0 bridgehead atoms. The van der Waals surface area contributed by atoms with Crippen LogP contribution in [0, 0.1) is 0 Å². The summed E-state index contributed by atoms with van der Waals surface area (Å²) in [6, 6.07) is 1.83. The smallest absolute Gasteiger partial charge is 0.0882 e. The second-order valence-electron chi connectivity index (χ2n) is 4.32. The highest BCUT2D eigenvalue weighted by molar-refractivity contribution is 7.10. The summed E-state index contributed by atoms with van der Waals surface area (Å²) in [6.45, 7) is 2.75. The summed E-state index contributed by atoms with van der Waals surface area (Å²) in [7, 11) is 0. The van der Waals surface area contributed by atoms with Crippen LogP contribution in [-0.4, -0.2) is 12.2 Å².